The highest BCUT2D eigenvalue weighted by atomic mass is 16.5. The number of rotatable bonds is 7. The maximum atomic E-state index is 11.2. The molecule has 114 valence electrons. The van der Waals surface area contributed by atoms with E-state index >= 15 is 0 Å². The molecular formula is C18H25NO2. The summed E-state index contributed by atoms with van der Waals surface area (Å²) in [6.07, 6.45) is 7.40. The van der Waals surface area contributed by atoms with E-state index in [4.69, 9.17) is 10.5 Å². The highest BCUT2D eigenvalue weighted by molar-refractivity contribution is 5.95. The Hall–Kier alpha value is -2.03. The van der Waals surface area contributed by atoms with Crippen LogP contribution in [0.25, 0.3) is 5.57 Å². The Kier molecular flexibility index (Phi) is 6.73. The Labute approximate surface area is 127 Å². The highest BCUT2D eigenvalue weighted by Gasteiger charge is 2.11. The smallest absolute Gasteiger partial charge is 0.152 e. The third kappa shape index (κ3) is 5.10. The fraction of sp³-hybridized carbons (Fsp3) is 0.389. The van der Waals surface area contributed by atoms with Crippen LogP contribution in [0.5, 0.6) is 5.75 Å². The van der Waals surface area contributed by atoms with E-state index < -0.39 is 0 Å². The van der Waals surface area contributed by atoms with Crippen LogP contribution in [-0.4, -0.2) is 12.4 Å². The minimum Gasteiger partial charge on any atom is -0.491 e. The first kappa shape index (κ1) is 17.0. The van der Waals surface area contributed by atoms with Gasteiger partial charge >= 0.3 is 0 Å². The maximum absolute atomic E-state index is 11.2. The van der Waals surface area contributed by atoms with Gasteiger partial charge in [-0.25, -0.2) is 0 Å². The van der Waals surface area contributed by atoms with Gasteiger partial charge in [-0.2, -0.15) is 0 Å². The van der Waals surface area contributed by atoms with Crippen molar-refractivity contribution < 1.29 is 9.53 Å². The first-order valence-corrected chi connectivity index (χ1v) is 7.35. The van der Waals surface area contributed by atoms with E-state index in [-0.39, 0.29) is 5.78 Å². The molecule has 0 heterocycles. The molecule has 3 heteroatoms. The molecule has 1 aromatic rings. The summed E-state index contributed by atoms with van der Waals surface area (Å²) in [5, 5.41) is 0. The molecule has 0 atom stereocenters. The molecule has 0 saturated carbocycles. The SMILES string of the molecule is C/C=C/Cc1cc(/C(C)=C/C(C)=O)cc(N)c1OCCC. The van der Waals surface area contributed by atoms with Crippen LogP contribution in [0.4, 0.5) is 5.69 Å². The second-order valence-electron chi connectivity index (χ2n) is 5.11. The zero-order chi connectivity index (χ0) is 15.8. The first-order chi connectivity index (χ1) is 9.99. The van der Waals surface area contributed by atoms with Crippen LogP contribution in [0, 0.1) is 0 Å². The molecule has 0 unspecified atom stereocenters. The maximum Gasteiger partial charge on any atom is 0.152 e. The minimum atomic E-state index is 0.0346. The third-order valence-electron chi connectivity index (χ3n) is 3.09. The van der Waals surface area contributed by atoms with Crippen molar-refractivity contribution in [2.45, 2.75) is 40.5 Å². The topological polar surface area (TPSA) is 52.3 Å². The van der Waals surface area contributed by atoms with Crippen molar-refractivity contribution in [3.05, 3.63) is 41.5 Å². The largest absolute Gasteiger partial charge is 0.491 e. The summed E-state index contributed by atoms with van der Waals surface area (Å²) >= 11 is 0. The molecule has 0 aliphatic carbocycles. The van der Waals surface area contributed by atoms with Crippen molar-refractivity contribution in [1.29, 1.82) is 0 Å². The predicted octanol–water partition coefficient (Wildman–Crippen LogP) is 4.17. The lowest BCUT2D eigenvalue weighted by Crippen LogP contribution is -2.04. The number of hydrogen-bond acceptors (Lipinski definition) is 3. The minimum absolute atomic E-state index is 0.0346. The molecule has 0 spiro atoms. The monoisotopic (exact) mass is 287 g/mol. The number of anilines is 1. The van der Waals surface area contributed by atoms with Crippen LogP contribution in [0.15, 0.2) is 30.4 Å². The number of carbonyl (C=O) groups excluding carboxylic acids is 1. The number of hydrogen-bond donors (Lipinski definition) is 1. The first-order valence-electron chi connectivity index (χ1n) is 7.35. The Balaban J connectivity index is 3.26. The Morgan fingerprint density at radius 3 is 2.62 bits per heavy atom. The lowest BCUT2D eigenvalue weighted by atomic mass is 9.99. The van der Waals surface area contributed by atoms with Crippen LogP contribution in [-0.2, 0) is 11.2 Å². The van der Waals surface area contributed by atoms with E-state index in [0.717, 1.165) is 35.3 Å². The van der Waals surface area contributed by atoms with E-state index in [1.807, 2.05) is 26.0 Å². The van der Waals surface area contributed by atoms with E-state index in [0.29, 0.717) is 12.3 Å². The fourth-order valence-electron chi connectivity index (χ4n) is 2.11. The lowest BCUT2D eigenvalue weighted by molar-refractivity contribution is -0.112. The summed E-state index contributed by atoms with van der Waals surface area (Å²) in [5.74, 6) is 0.793. The van der Waals surface area contributed by atoms with Gasteiger partial charge in [0.2, 0.25) is 0 Å². The molecule has 0 aromatic heterocycles. The average molecular weight is 287 g/mol. The van der Waals surface area contributed by atoms with Crippen molar-refractivity contribution >= 4 is 17.0 Å². The van der Waals surface area contributed by atoms with Gasteiger partial charge < -0.3 is 10.5 Å². The zero-order valence-electron chi connectivity index (χ0n) is 13.4. The molecule has 0 radical (unpaired) electrons. The van der Waals surface area contributed by atoms with Crippen LogP contribution in [0.2, 0.25) is 0 Å². The highest BCUT2D eigenvalue weighted by Crippen LogP contribution is 2.32. The number of benzene rings is 1. The van der Waals surface area contributed by atoms with E-state index in [1.54, 1.807) is 13.0 Å². The molecule has 0 saturated heterocycles. The van der Waals surface area contributed by atoms with Crippen molar-refractivity contribution in [2.24, 2.45) is 0 Å². The Morgan fingerprint density at radius 2 is 2.05 bits per heavy atom. The van der Waals surface area contributed by atoms with Gasteiger partial charge in [-0.1, -0.05) is 19.1 Å². The lowest BCUT2D eigenvalue weighted by Gasteiger charge is -2.15. The second kappa shape index (κ2) is 8.30. The summed E-state index contributed by atoms with van der Waals surface area (Å²) in [6, 6.07) is 3.93. The van der Waals surface area contributed by atoms with Crippen LogP contribution >= 0.6 is 0 Å². The summed E-state index contributed by atoms with van der Waals surface area (Å²) in [7, 11) is 0. The van der Waals surface area contributed by atoms with Gasteiger partial charge in [0.25, 0.3) is 0 Å². The number of carbonyl (C=O) groups is 1. The number of ketones is 1. The molecule has 0 aliphatic heterocycles. The van der Waals surface area contributed by atoms with Crippen molar-refractivity contribution in [1.82, 2.24) is 0 Å². The predicted molar refractivity (Wildman–Crippen MR) is 89.5 cm³/mol. The van der Waals surface area contributed by atoms with E-state index in [2.05, 4.69) is 19.1 Å². The molecule has 0 aliphatic rings. The second-order valence-corrected chi connectivity index (χ2v) is 5.11. The molecule has 2 N–H and O–H groups in total. The average Bonchev–Trinajstić information content (AvgIpc) is 2.42. The van der Waals surface area contributed by atoms with Crippen molar-refractivity contribution in [3.8, 4) is 5.75 Å². The molecule has 3 nitrogen and oxygen atoms in total. The van der Waals surface area contributed by atoms with Crippen molar-refractivity contribution in [2.75, 3.05) is 12.3 Å². The summed E-state index contributed by atoms with van der Waals surface area (Å²) < 4.78 is 5.78. The summed E-state index contributed by atoms with van der Waals surface area (Å²) in [6.45, 7) is 8.17. The standard InChI is InChI=1S/C18H25NO2/c1-5-7-8-15-11-16(13(3)10-14(4)20)12-17(19)18(15)21-9-6-2/h5,7,10-12H,6,8-9,19H2,1-4H3/b7-5+,13-10+. The van der Waals surface area contributed by atoms with Crippen LogP contribution < -0.4 is 10.5 Å². The van der Waals surface area contributed by atoms with Crippen LogP contribution in [0.3, 0.4) is 0 Å². The van der Waals surface area contributed by atoms with Gasteiger partial charge in [-0.3, -0.25) is 4.79 Å². The molecular weight excluding hydrogens is 262 g/mol. The summed E-state index contributed by atoms with van der Waals surface area (Å²) in [5.41, 5.74) is 9.69. The molecule has 21 heavy (non-hydrogen) atoms. The molecule has 0 amide bonds. The van der Waals surface area contributed by atoms with E-state index in [1.165, 1.54) is 0 Å². The van der Waals surface area contributed by atoms with Gasteiger partial charge in [0.15, 0.2) is 5.78 Å². The molecule has 1 rings (SSSR count). The zero-order valence-corrected chi connectivity index (χ0v) is 13.4. The van der Waals surface area contributed by atoms with Gasteiger partial charge in [0.05, 0.1) is 12.3 Å². The number of ether oxygens (including phenoxy) is 1. The van der Waals surface area contributed by atoms with Gasteiger partial charge in [0.1, 0.15) is 5.75 Å². The van der Waals surface area contributed by atoms with Crippen LogP contribution in [0.1, 0.15) is 45.2 Å². The Bertz CT molecular complexity index is 557. The van der Waals surface area contributed by atoms with E-state index in [9.17, 15) is 4.79 Å². The van der Waals surface area contributed by atoms with Gasteiger partial charge in [-0.05, 0) is 63.0 Å². The van der Waals surface area contributed by atoms with Crippen molar-refractivity contribution in [3.63, 3.8) is 0 Å². The molecule has 0 bridgehead atoms. The molecule has 0 fully saturated rings. The summed E-state index contributed by atoms with van der Waals surface area (Å²) in [4.78, 5) is 11.2. The third-order valence-corrected chi connectivity index (χ3v) is 3.09. The molecule has 1 aromatic carbocycles. The quantitative estimate of drug-likeness (QED) is 0.465. The van der Waals surface area contributed by atoms with Gasteiger partial charge in [-0.15, -0.1) is 0 Å². The number of nitrogen functional groups attached to an aromatic ring is 1. The number of allylic oxidation sites excluding steroid dienone is 4. The van der Waals surface area contributed by atoms with Gasteiger partial charge in [0, 0.05) is 5.56 Å². The number of nitrogens with two attached hydrogens (primary N) is 1. The fourth-order valence-corrected chi connectivity index (χ4v) is 2.11. The Morgan fingerprint density at radius 1 is 1.33 bits per heavy atom. The normalized spacial score (nSPS) is 11.9.